The summed E-state index contributed by atoms with van der Waals surface area (Å²) in [7, 11) is 0. The van der Waals surface area contributed by atoms with Gasteiger partial charge in [-0.05, 0) is 17.7 Å². The fourth-order valence-electron chi connectivity index (χ4n) is 1.59. The molecule has 2 rings (SSSR count). The number of hydrogen-bond donors (Lipinski definition) is 1. The normalized spacial score (nSPS) is 10.9. The Morgan fingerprint density at radius 2 is 2.05 bits per heavy atom. The lowest BCUT2D eigenvalue weighted by Crippen LogP contribution is -2.16. The first-order chi connectivity index (χ1) is 9.24. The topological polar surface area (TPSA) is 34.1 Å². The first kappa shape index (κ1) is 13.9. The van der Waals surface area contributed by atoms with Crippen LogP contribution >= 0.6 is 11.3 Å². The molecular weight excluding hydrogens is 270 g/mol. The highest BCUT2D eigenvalue weighted by atomic mass is 32.1. The molecule has 0 saturated carbocycles. The Labute approximate surface area is 114 Å². The summed E-state index contributed by atoms with van der Waals surface area (Å²) in [5.74, 6) is 0.182. The van der Waals surface area contributed by atoms with E-state index in [2.05, 4.69) is 15.0 Å². The molecule has 0 spiro atoms. The number of hydrogen-bond acceptors (Lipinski definition) is 4. The van der Waals surface area contributed by atoms with Crippen molar-refractivity contribution in [2.45, 2.75) is 19.6 Å². The van der Waals surface area contributed by atoms with Gasteiger partial charge < -0.3 is 10.1 Å². The first-order valence-electron chi connectivity index (χ1n) is 5.87. The van der Waals surface area contributed by atoms with Crippen LogP contribution in [0, 0.1) is 0 Å². The highest BCUT2D eigenvalue weighted by Gasteiger charge is 2.03. The van der Waals surface area contributed by atoms with Crippen LogP contribution in [0.1, 0.15) is 10.6 Å². The van der Waals surface area contributed by atoms with E-state index in [9.17, 15) is 8.78 Å². The molecule has 0 atom stereocenters. The Morgan fingerprint density at radius 1 is 1.26 bits per heavy atom. The minimum Gasteiger partial charge on any atom is -0.435 e. The number of alkyl halides is 2. The largest absolute Gasteiger partial charge is 0.435 e. The summed E-state index contributed by atoms with van der Waals surface area (Å²) in [5, 5.41) is 6.34. The molecule has 2 aromatic rings. The third kappa shape index (κ3) is 4.92. The Hall–Kier alpha value is -1.53. The molecule has 3 nitrogen and oxygen atoms in total. The van der Waals surface area contributed by atoms with E-state index in [4.69, 9.17) is 0 Å². The van der Waals surface area contributed by atoms with Gasteiger partial charge in [-0.3, -0.25) is 0 Å². The van der Waals surface area contributed by atoms with Crippen LogP contribution < -0.4 is 10.1 Å². The molecule has 6 heteroatoms. The van der Waals surface area contributed by atoms with Crippen LogP contribution in [0.4, 0.5) is 8.78 Å². The van der Waals surface area contributed by atoms with Crippen molar-refractivity contribution in [1.29, 1.82) is 0 Å². The molecule has 102 valence electrons. The molecule has 0 saturated heterocycles. The van der Waals surface area contributed by atoms with Gasteiger partial charge in [-0.25, -0.2) is 4.98 Å². The second-order valence-corrected chi connectivity index (χ2v) is 4.85. The molecular formula is C13H14F2N2OS. The predicted octanol–water partition coefficient (Wildman–Crippen LogP) is 3.08. The van der Waals surface area contributed by atoms with Gasteiger partial charge in [0.05, 0.1) is 5.01 Å². The van der Waals surface area contributed by atoms with Crippen LogP contribution in [0.5, 0.6) is 5.75 Å². The minimum absolute atomic E-state index is 0.182. The van der Waals surface area contributed by atoms with E-state index in [-0.39, 0.29) is 5.75 Å². The van der Waals surface area contributed by atoms with Gasteiger partial charge in [-0.2, -0.15) is 8.78 Å². The van der Waals surface area contributed by atoms with Gasteiger partial charge in [-0.15, -0.1) is 11.3 Å². The molecule has 0 aliphatic rings. The quantitative estimate of drug-likeness (QED) is 0.793. The van der Waals surface area contributed by atoms with Gasteiger partial charge in [0.15, 0.2) is 0 Å². The Bertz CT molecular complexity index is 474. The lowest BCUT2D eigenvalue weighted by molar-refractivity contribution is -0.0498. The fraction of sp³-hybridized carbons (Fsp3) is 0.308. The van der Waals surface area contributed by atoms with Gasteiger partial charge in [0, 0.05) is 31.1 Å². The predicted molar refractivity (Wildman–Crippen MR) is 70.6 cm³/mol. The van der Waals surface area contributed by atoms with Crippen molar-refractivity contribution in [3.63, 3.8) is 0 Å². The highest BCUT2D eigenvalue weighted by molar-refractivity contribution is 7.09. The standard InChI is InChI=1S/C13H14F2N2OS/c14-13(15)18-11-3-1-10(2-4-11)9-16-6-5-12-17-7-8-19-12/h1-4,7-8,13,16H,5-6,9H2. The molecule has 1 N–H and O–H groups in total. The van der Waals surface area contributed by atoms with Crippen molar-refractivity contribution in [2.24, 2.45) is 0 Å². The number of thiazole rings is 1. The smallest absolute Gasteiger partial charge is 0.387 e. The second kappa shape index (κ2) is 7.16. The lowest BCUT2D eigenvalue weighted by atomic mass is 10.2. The number of rotatable bonds is 7. The number of ether oxygens (including phenoxy) is 1. The summed E-state index contributed by atoms with van der Waals surface area (Å²) in [6.45, 7) is -1.24. The van der Waals surface area contributed by atoms with E-state index >= 15 is 0 Å². The van der Waals surface area contributed by atoms with Gasteiger partial charge in [0.1, 0.15) is 5.75 Å². The maximum Gasteiger partial charge on any atom is 0.387 e. The molecule has 0 aliphatic heterocycles. The molecule has 0 unspecified atom stereocenters. The fourth-order valence-corrected chi connectivity index (χ4v) is 2.21. The molecule has 0 bridgehead atoms. The van der Waals surface area contributed by atoms with Crippen LogP contribution in [0.3, 0.4) is 0 Å². The first-order valence-corrected chi connectivity index (χ1v) is 6.75. The van der Waals surface area contributed by atoms with E-state index in [1.54, 1.807) is 41.8 Å². The average Bonchev–Trinajstić information content (AvgIpc) is 2.89. The van der Waals surface area contributed by atoms with Crippen LogP contribution in [-0.2, 0) is 13.0 Å². The molecule has 0 aliphatic carbocycles. The van der Waals surface area contributed by atoms with Gasteiger partial charge in [0.25, 0.3) is 0 Å². The van der Waals surface area contributed by atoms with E-state index in [1.807, 2.05) is 5.38 Å². The van der Waals surface area contributed by atoms with E-state index in [0.717, 1.165) is 23.5 Å². The third-order valence-corrected chi connectivity index (χ3v) is 3.32. The summed E-state index contributed by atoms with van der Waals surface area (Å²) < 4.78 is 28.2. The lowest BCUT2D eigenvalue weighted by Gasteiger charge is -2.06. The number of aromatic nitrogens is 1. The zero-order valence-corrected chi connectivity index (χ0v) is 11.0. The maximum atomic E-state index is 12.0. The van der Waals surface area contributed by atoms with Gasteiger partial charge >= 0.3 is 6.61 Å². The molecule has 1 aromatic heterocycles. The van der Waals surface area contributed by atoms with Crippen molar-refractivity contribution < 1.29 is 13.5 Å². The van der Waals surface area contributed by atoms with E-state index in [1.165, 1.54) is 0 Å². The molecule has 1 aromatic carbocycles. The summed E-state index contributed by atoms with van der Waals surface area (Å²) in [6, 6.07) is 6.64. The zero-order chi connectivity index (χ0) is 13.5. The van der Waals surface area contributed by atoms with Gasteiger partial charge in [0.2, 0.25) is 0 Å². The van der Waals surface area contributed by atoms with E-state index in [0.29, 0.717) is 6.54 Å². The summed E-state index contributed by atoms with van der Waals surface area (Å²) in [6.07, 6.45) is 2.69. The van der Waals surface area contributed by atoms with Crippen molar-refractivity contribution in [3.8, 4) is 5.75 Å². The molecule has 0 fully saturated rings. The number of benzene rings is 1. The Balaban J connectivity index is 1.71. The molecule has 0 radical (unpaired) electrons. The summed E-state index contributed by atoms with van der Waals surface area (Å²) >= 11 is 1.64. The van der Waals surface area contributed by atoms with Crippen molar-refractivity contribution >= 4 is 11.3 Å². The molecule has 0 amide bonds. The summed E-state index contributed by atoms with van der Waals surface area (Å²) in [5.41, 5.74) is 1.03. The van der Waals surface area contributed by atoms with E-state index < -0.39 is 6.61 Å². The van der Waals surface area contributed by atoms with Crippen LogP contribution in [-0.4, -0.2) is 18.1 Å². The Kier molecular flexibility index (Phi) is 5.23. The minimum atomic E-state index is -2.78. The van der Waals surface area contributed by atoms with Crippen molar-refractivity contribution in [2.75, 3.05) is 6.54 Å². The average molecular weight is 284 g/mol. The number of halogens is 2. The maximum absolute atomic E-state index is 12.0. The summed E-state index contributed by atoms with van der Waals surface area (Å²) in [4.78, 5) is 4.19. The molecule has 1 heterocycles. The Morgan fingerprint density at radius 3 is 2.68 bits per heavy atom. The van der Waals surface area contributed by atoms with Crippen LogP contribution in [0.2, 0.25) is 0 Å². The van der Waals surface area contributed by atoms with Crippen molar-refractivity contribution in [1.82, 2.24) is 10.3 Å². The zero-order valence-electron chi connectivity index (χ0n) is 10.2. The van der Waals surface area contributed by atoms with Gasteiger partial charge in [-0.1, -0.05) is 12.1 Å². The SMILES string of the molecule is FC(F)Oc1ccc(CNCCc2nccs2)cc1. The third-order valence-electron chi connectivity index (χ3n) is 2.48. The van der Waals surface area contributed by atoms with Crippen molar-refractivity contribution in [3.05, 3.63) is 46.4 Å². The van der Waals surface area contributed by atoms with Crippen LogP contribution in [0.15, 0.2) is 35.8 Å². The second-order valence-electron chi connectivity index (χ2n) is 3.88. The number of nitrogens with zero attached hydrogens (tertiary/aromatic N) is 1. The molecule has 19 heavy (non-hydrogen) atoms. The van der Waals surface area contributed by atoms with Crippen LogP contribution in [0.25, 0.3) is 0 Å². The number of nitrogens with one attached hydrogen (secondary N) is 1. The monoisotopic (exact) mass is 284 g/mol. The highest BCUT2D eigenvalue weighted by Crippen LogP contribution is 2.14.